The van der Waals surface area contributed by atoms with E-state index < -0.39 is 0 Å². The van der Waals surface area contributed by atoms with Crippen LogP contribution in [0.2, 0.25) is 10.0 Å². The zero-order valence-corrected chi connectivity index (χ0v) is 11.3. The molecule has 1 fully saturated rings. The SMILES string of the molecule is Clc1ccc(Cl)c(CNCC2CCCS2)c1. The van der Waals surface area contributed by atoms with Crippen molar-refractivity contribution in [2.75, 3.05) is 12.3 Å². The summed E-state index contributed by atoms with van der Waals surface area (Å²) in [7, 11) is 0. The fourth-order valence-electron chi connectivity index (χ4n) is 1.85. The van der Waals surface area contributed by atoms with Crippen LogP contribution in [-0.2, 0) is 6.54 Å². The van der Waals surface area contributed by atoms with Gasteiger partial charge in [0.1, 0.15) is 0 Å². The second-order valence-corrected chi connectivity index (χ2v) is 6.25. The third kappa shape index (κ3) is 3.56. The van der Waals surface area contributed by atoms with Crippen molar-refractivity contribution in [3.63, 3.8) is 0 Å². The van der Waals surface area contributed by atoms with Gasteiger partial charge in [-0.2, -0.15) is 11.8 Å². The van der Waals surface area contributed by atoms with Crippen LogP contribution in [-0.4, -0.2) is 17.5 Å². The van der Waals surface area contributed by atoms with E-state index in [1.807, 2.05) is 18.2 Å². The van der Waals surface area contributed by atoms with Gasteiger partial charge in [0, 0.05) is 28.4 Å². The summed E-state index contributed by atoms with van der Waals surface area (Å²) < 4.78 is 0. The molecule has 1 unspecified atom stereocenters. The van der Waals surface area contributed by atoms with Crippen molar-refractivity contribution in [2.45, 2.75) is 24.6 Å². The van der Waals surface area contributed by atoms with Gasteiger partial charge in [0.2, 0.25) is 0 Å². The fourth-order valence-corrected chi connectivity index (χ4v) is 3.47. The van der Waals surface area contributed by atoms with E-state index >= 15 is 0 Å². The Balaban J connectivity index is 1.82. The highest BCUT2D eigenvalue weighted by atomic mass is 35.5. The first-order valence-electron chi connectivity index (χ1n) is 5.52. The van der Waals surface area contributed by atoms with Crippen LogP contribution in [0.1, 0.15) is 18.4 Å². The second kappa shape index (κ2) is 6.15. The summed E-state index contributed by atoms with van der Waals surface area (Å²) in [6.07, 6.45) is 2.69. The van der Waals surface area contributed by atoms with Crippen LogP contribution in [0.25, 0.3) is 0 Å². The summed E-state index contributed by atoms with van der Waals surface area (Å²) in [6.45, 7) is 1.87. The fraction of sp³-hybridized carbons (Fsp3) is 0.500. The van der Waals surface area contributed by atoms with E-state index in [0.717, 1.165) is 33.9 Å². The molecule has 1 aliphatic heterocycles. The first-order chi connectivity index (χ1) is 7.75. The van der Waals surface area contributed by atoms with Crippen LogP contribution in [0.15, 0.2) is 18.2 Å². The number of halogens is 2. The van der Waals surface area contributed by atoms with Crippen molar-refractivity contribution in [1.82, 2.24) is 5.32 Å². The summed E-state index contributed by atoms with van der Waals surface area (Å²) >= 11 is 14.1. The van der Waals surface area contributed by atoms with Crippen molar-refractivity contribution in [3.8, 4) is 0 Å². The third-order valence-electron chi connectivity index (χ3n) is 2.72. The molecule has 4 heteroatoms. The van der Waals surface area contributed by atoms with Crippen LogP contribution in [0.3, 0.4) is 0 Å². The van der Waals surface area contributed by atoms with Gasteiger partial charge in [-0.3, -0.25) is 0 Å². The van der Waals surface area contributed by atoms with Crippen molar-refractivity contribution < 1.29 is 0 Å². The standard InChI is InChI=1S/C12H15Cl2NS/c13-10-3-4-12(14)9(6-10)7-15-8-11-2-1-5-16-11/h3-4,6,11,15H,1-2,5,7-8H2. The number of hydrogen-bond acceptors (Lipinski definition) is 2. The highest BCUT2D eigenvalue weighted by Gasteiger charge is 2.14. The Morgan fingerprint density at radius 1 is 1.38 bits per heavy atom. The normalized spacial score (nSPS) is 20.2. The molecule has 1 heterocycles. The van der Waals surface area contributed by atoms with Gasteiger partial charge in [-0.05, 0) is 42.4 Å². The van der Waals surface area contributed by atoms with Gasteiger partial charge in [-0.1, -0.05) is 23.2 Å². The monoisotopic (exact) mass is 275 g/mol. The third-order valence-corrected chi connectivity index (χ3v) is 4.72. The van der Waals surface area contributed by atoms with E-state index in [4.69, 9.17) is 23.2 Å². The Labute approximate surface area is 111 Å². The van der Waals surface area contributed by atoms with Crippen LogP contribution in [0.4, 0.5) is 0 Å². The molecule has 2 rings (SSSR count). The molecule has 0 bridgehead atoms. The van der Waals surface area contributed by atoms with Gasteiger partial charge in [0.05, 0.1) is 0 Å². The van der Waals surface area contributed by atoms with Gasteiger partial charge in [0.15, 0.2) is 0 Å². The van der Waals surface area contributed by atoms with E-state index in [9.17, 15) is 0 Å². The predicted molar refractivity (Wildman–Crippen MR) is 73.6 cm³/mol. The molecule has 1 nitrogen and oxygen atoms in total. The highest BCUT2D eigenvalue weighted by molar-refractivity contribution is 8.00. The average molecular weight is 276 g/mol. The molecule has 0 saturated carbocycles. The number of hydrogen-bond donors (Lipinski definition) is 1. The summed E-state index contributed by atoms with van der Waals surface area (Å²) in [5, 5.41) is 5.76. The Morgan fingerprint density at radius 3 is 3.00 bits per heavy atom. The lowest BCUT2D eigenvalue weighted by Gasteiger charge is -2.11. The van der Waals surface area contributed by atoms with Gasteiger partial charge in [-0.15, -0.1) is 0 Å². The molecule has 1 aliphatic rings. The summed E-state index contributed by atoms with van der Waals surface area (Å²) in [5.74, 6) is 1.31. The quantitative estimate of drug-likeness (QED) is 0.892. The average Bonchev–Trinajstić information content (AvgIpc) is 2.76. The number of nitrogens with one attached hydrogen (secondary N) is 1. The molecule has 1 N–H and O–H groups in total. The minimum absolute atomic E-state index is 0.747. The molecule has 0 radical (unpaired) electrons. The van der Waals surface area contributed by atoms with E-state index in [1.54, 1.807) is 0 Å². The second-order valence-electron chi connectivity index (χ2n) is 4.00. The smallest absolute Gasteiger partial charge is 0.0451 e. The van der Waals surface area contributed by atoms with Crippen LogP contribution in [0, 0.1) is 0 Å². The largest absolute Gasteiger partial charge is 0.312 e. The maximum atomic E-state index is 6.09. The molecule has 1 atom stereocenters. The van der Waals surface area contributed by atoms with Gasteiger partial charge in [-0.25, -0.2) is 0 Å². The van der Waals surface area contributed by atoms with Crippen molar-refractivity contribution >= 4 is 35.0 Å². The molecular formula is C12H15Cl2NS. The van der Waals surface area contributed by atoms with Crippen LogP contribution in [0.5, 0.6) is 0 Å². The zero-order valence-electron chi connectivity index (χ0n) is 9.01. The minimum atomic E-state index is 0.747. The molecule has 0 amide bonds. The molecule has 16 heavy (non-hydrogen) atoms. The van der Waals surface area contributed by atoms with Crippen LogP contribution < -0.4 is 5.32 Å². The first-order valence-corrected chi connectivity index (χ1v) is 7.32. The molecular weight excluding hydrogens is 261 g/mol. The van der Waals surface area contributed by atoms with E-state index in [1.165, 1.54) is 18.6 Å². The maximum Gasteiger partial charge on any atom is 0.0451 e. The minimum Gasteiger partial charge on any atom is -0.312 e. The van der Waals surface area contributed by atoms with E-state index in [-0.39, 0.29) is 0 Å². The number of benzene rings is 1. The summed E-state index contributed by atoms with van der Waals surface area (Å²) in [5.41, 5.74) is 1.08. The summed E-state index contributed by atoms with van der Waals surface area (Å²) in [6, 6.07) is 5.60. The molecule has 1 aromatic rings. The highest BCUT2D eigenvalue weighted by Crippen LogP contribution is 2.25. The summed E-state index contributed by atoms with van der Waals surface area (Å²) in [4.78, 5) is 0. The zero-order chi connectivity index (χ0) is 11.4. The Morgan fingerprint density at radius 2 is 2.25 bits per heavy atom. The maximum absolute atomic E-state index is 6.09. The molecule has 0 aromatic heterocycles. The van der Waals surface area contributed by atoms with Gasteiger partial charge in [0.25, 0.3) is 0 Å². The lowest BCUT2D eigenvalue weighted by atomic mass is 10.2. The lowest BCUT2D eigenvalue weighted by Crippen LogP contribution is -2.22. The molecule has 0 aliphatic carbocycles. The van der Waals surface area contributed by atoms with E-state index in [2.05, 4.69) is 17.1 Å². The lowest BCUT2D eigenvalue weighted by molar-refractivity contribution is 0.646. The molecule has 1 saturated heterocycles. The van der Waals surface area contributed by atoms with Crippen LogP contribution >= 0.6 is 35.0 Å². The molecule has 1 aromatic carbocycles. The predicted octanol–water partition coefficient (Wildman–Crippen LogP) is 3.98. The Bertz CT molecular complexity index is 351. The van der Waals surface area contributed by atoms with Crippen molar-refractivity contribution in [3.05, 3.63) is 33.8 Å². The molecule has 88 valence electrons. The number of rotatable bonds is 4. The van der Waals surface area contributed by atoms with E-state index in [0.29, 0.717) is 0 Å². The topological polar surface area (TPSA) is 12.0 Å². The van der Waals surface area contributed by atoms with Gasteiger partial charge >= 0.3 is 0 Å². The first kappa shape index (κ1) is 12.6. The molecule has 0 spiro atoms. The number of thioether (sulfide) groups is 1. The van der Waals surface area contributed by atoms with Crippen molar-refractivity contribution in [1.29, 1.82) is 0 Å². The Hall–Kier alpha value is 0.110. The van der Waals surface area contributed by atoms with Gasteiger partial charge < -0.3 is 5.32 Å². The van der Waals surface area contributed by atoms with Crippen molar-refractivity contribution in [2.24, 2.45) is 0 Å². The Kier molecular flexibility index (Phi) is 4.83.